The molecule has 0 aliphatic heterocycles. The van der Waals surface area contributed by atoms with Crippen LogP contribution in [-0.2, 0) is 11.3 Å². The molecule has 0 saturated heterocycles. The molecule has 0 spiro atoms. The standard InChI is InChI=1S/C11H18N2O/c1-14-9-5-4-7-12-10-11-6-2-3-8-13-11/h2-3,6,8,12H,4-5,7,9-10H2,1H3. The van der Waals surface area contributed by atoms with Gasteiger partial charge in [0.1, 0.15) is 0 Å². The van der Waals surface area contributed by atoms with Gasteiger partial charge in [0.2, 0.25) is 0 Å². The van der Waals surface area contributed by atoms with Crippen molar-refractivity contribution in [2.45, 2.75) is 19.4 Å². The van der Waals surface area contributed by atoms with Crippen LogP contribution in [0.3, 0.4) is 0 Å². The van der Waals surface area contributed by atoms with Gasteiger partial charge in [-0.25, -0.2) is 0 Å². The fourth-order valence-electron chi connectivity index (χ4n) is 1.22. The van der Waals surface area contributed by atoms with E-state index in [0.29, 0.717) is 0 Å². The first-order valence-electron chi connectivity index (χ1n) is 5.03. The summed E-state index contributed by atoms with van der Waals surface area (Å²) < 4.78 is 4.97. The van der Waals surface area contributed by atoms with E-state index in [9.17, 15) is 0 Å². The Kier molecular flexibility index (Phi) is 5.95. The highest BCUT2D eigenvalue weighted by atomic mass is 16.5. The fourth-order valence-corrected chi connectivity index (χ4v) is 1.22. The molecule has 0 unspecified atom stereocenters. The molecule has 0 aliphatic rings. The molecule has 0 atom stereocenters. The molecule has 78 valence electrons. The molecule has 0 saturated carbocycles. The smallest absolute Gasteiger partial charge is 0.0541 e. The van der Waals surface area contributed by atoms with Crippen LogP contribution in [0.5, 0.6) is 0 Å². The number of hydrogen-bond acceptors (Lipinski definition) is 3. The van der Waals surface area contributed by atoms with Crippen molar-refractivity contribution in [3.05, 3.63) is 30.1 Å². The molecule has 3 heteroatoms. The molecule has 1 heterocycles. The number of unbranched alkanes of at least 4 members (excludes halogenated alkanes) is 1. The van der Waals surface area contributed by atoms with Crippen molar-refractivity contribution in [3.63, 3.8) is 0 Å². The summed E-state index contributed by atoms with van der Waals surface area (Å²) in [6.45, 7) is 2.74. The number of nitrogens with one attached hydrogen (secondary N) is 1. The van der Waals surface area contributed by atoms with Crippen LogP contribution in [0.1, 0.15) is 18.5 Å². The van der Waals surface area contributed by atoms with Gasteiger partial charge in [-0.3, -0.25) is 4.98 Å². The van der Waals surface area contributed by atoms with Crippen molar-refractivity contribution in [2.75, 3.05) is 20.3 Å². The lowest BCUT2D eigenvalue weighted by molar-refractivity contribution is 0.192. The van der Waals surface area contributed by atoms with Crippen LogP contribution >= 0.6 is 0 Å². The number of ether oxygens (including phenoxy) is 1. The Morgan fingerprint density at radius 3 is 3.00 bits per heavy atom. The molecule has 14 heavy (non-hydrogen) atoms. The third-order valence-electron chi connectivity index (χ3n) is 1.98. The predicted octanol–water partition coefficient (Wildman–Crippen LogP) is 1.60. The van der Waals surface area contributed by atoms with Gasteiger partial charge in [-0.2, -0.15) is 0 Å². The third kappa shape index (κ3) is 4.94. The van der Waals surface area contributed by atoms with Crippen molar-refractivity contribution < 1.29 is 4.74 Å². The highest BCUT2D eigenvalue weighted by Gasteiger charge is 1.91. The molecule has 0 aliphatic carbocycles. The summed E-state index contributed by atoms with van der Waals surface area (Å²) in [5.41, 5.74) is 1.10. The zero-order valence-corrected chi connectivity index (χ0v) is 8.70. The summed E-state index contributed by atoms with van der Waals surface area (Å²) in [6, 6.07) is 5.97. The summed E-state index contributed by atoms with van der Waals surface area (Å²) in [7, 11) is 1.74. The van der Waals surface area contributed by atoms with Gasteiger partial charge >= 0.3 is 0 Å². The van der Waals surface area contributed by atoms with E-state index in [1.54, 1.807) is 7.11 Å². The van der Waals surface area contributed by atoms with Crippen molar-refractivity contribution in [1.29, 1.82) is 0 Å². The van der Waals surface area contributed by atoms with E-state index in [4.69, 9.17) is 4.74 Å². The Morgan fingerprint density at radius 2 is 2.29 bits per heavy atom. The molecule has 1 N–H and O–H groups in total. The van der Waals surface area contributed by atoms with Gasteiger partial charge < -0.3 is 10.1 Å². The quantitative estimate of drug-likeness (QED) is 0.669. The highest BCUT2D eigenvalue weighted by Crippen LogP contribution is 1.93. The minimum Gasteiger partial charge on any atom is -0.385 e. The van der Waals surface area contributed by atoms with Crippen LogP contribution in [-0.4, -0.2) is 25.2 Å². The lowest BCUT2D eigenvalue weighted by Gasteiger charge is -2.03. The molecular formula is C11H18N2O. The molecule has 0 aromatic carbocycles. The molecule has 0 amide bonds. The summed E-state index contributed by atoms with van der Waals surface area (Å²) >= 11 is 0. The molecular weight excluding hydrogens is 176 g/mol. The average Bonchev–Trinajstić information content (AvgIpc) is 2.25. The molecule has 0 radical (unpaired) electrons. The molecule has 0 bridgehead atoms. The first-order chi connectivity index (χ1) is 6.93. The van der Waals surface area contributed by atoms with E-state index < -0.39 is 0 Å². The molecule has 1 aromatic heterocycles. The minimum absolute atomic E-state index is 0.852. The number of rotatable bonds is 7. The zero-order valence-electron chi connectivity index (χ0n) is 8.70. The van der Waals surface area contributed by atoms with Crippen molar-refractivity contribution in [2.24, 2.45) is 0 Å². The Hall–Kier alpha value is -0.930. The zero-order chi connectivity index (χ0) is 10.1. The molecule has 3 nitrogen and oxygen atoms in total. The Labute approximate surface area is 85.5 Å². The maximum absolute atomic E-state index is 4.97. The number of hydrogen-bond donors (Lipinski definition) is 1. The van der Waals surface area contributed by atoms with Crippen LogP contribution in [0.25, 0.3) is 0 Å². The maximum Gasteiger partial charge on any atom is 0.0541 e. The normalized spacial score (nSPS) is 10.4. The van der Waals surface area contributed by atoms with Crippen LogP contribution in [0.2, 0.25) is 0 Å². The van der Waals surface area contributed by atoms with Crippen molar-refractivity contribution >= 4 is 0 Å². The van der Waals surface area contributed by atoms with Gasteiger partial charge in [0.05, 0.1) is 5.69 Å². The van der Waals surface area contributed by atoms with E-state index in [1.807, 2.05) is 24.4 Å². The minimum atomic E-state index is 0.852. The van der Waals surface area contributed by atoms with E-state index in [-0.39, 0.29) is 0 Å². The maximum atomic E-state index is 4.97. The SMILES string of the molecule is COCCCCNCc1ccccn1. The summed E-state index contributed by atoms with van der Waals surface area (Å²) in [5.74, 6) is 0. The fraction of sp³-hybridized carbons (Fsp3) is 0.545. The van der Waals surface area contributed by atoms with Gasteiger partial charge in [-0.15, -0.1) is 0 Å². The van der Waals surface area contributed by atoms with Gasteiger partial charge in [-0.05, 0) is 31.5 Å². The number of pyridine rings is 1. The number of methoxy groups -OCH3 is 1. The predicted molar refractivity (Wildman–Crippen MR) is 57.1 cm³/mol. The second-order valence-corrected chi connectivity index (χ2v) is 3.20. The van der Waals surface area contributed by atoms with E-state index in [1.165, 1.54) is 0 Å². The monoisotopic (exact) mass is 194 g/mol. The van der Waals surface area contributed by atoms with Gasteiger partial charge in [0.15, 0.2) is 0 Å². The first kappa shape index (κ1) is 11.1. The van der Waals surface area contributed by atoms with Crippen LogP contribution in [0.4, 0.5) is 0 Å². The first-order valence-corrected chi connectivity index (χ1v) is 5.03. The van der Waals surface area contributed by atoms with E-state index in [0.717, 1.165) is 38.2 Å². The Balaban J connectivity index is 1.99. The van der Waals surface area contributed by atoms with Crippen molar-refractivity contribution in [1.82, 2.24) is 10.3 Å². The average molecular weight is 194 g/mol. The second kappa shape index (κ2) is 7.47. The Morgan fingerprint density at radius 1 is 1.36 bits per heavy atom. The second-order valence-electron chi connectivity index (χ2n) is 3.20. The van der Waals surface area contributed by atoms with Crippen LogP contribution in [0, 0.1) is 0 Å². The molecule has 1 rings (SSSR count). The largest absolute Gasteiger partial charge is 0.385 e. The summed E-state index contributed by atoms with van der Waals surface area (Å²) in [4.78, 5) is 4.23. The lowest BCUT2D eigenvalue weighted by Crippen LogP contribution is -2.15. The molecule has 0 fully saturated rings. The Bertz CT molecular complexity index is 226. The van der Waals surface area contributed by atoms with Crippen LogP contribution in [0.15, 0.2) is 24.4 Å². The molecule has 1 aromatic rings. The van der Waals surface area contributed by atoms with E-state index >= 15 is 0 Å². The number of aromatic nitrogens is 1. The topological polar surface area (TPSA) is 34.1 Å². The highest BCUT2D eigenvalue weighted by molar-refractivity contribution is 5.02. The third-order valence-corrected chi connectivity index (χ3v) is 1.98. The van der Waals surface area contributed by atoms with Gasteiger partial charge in [0.25, 0.3) is 0 Å². The van der Waals surface area contributed by atoms with Crippen molar-refractivity contribution in [3.8, 4) is 0 Å². The lowest BCUT2D eigenvalue weighted by atomic mass is 10.3. The number of nitrogens with zero attached hydrogens (tertiary/aromatic N) is 1. The summed E-state index contributed by atoms with van der Waals surface area (Å²) in [6.07, 6.45) is 4.09. The van der Waals surface area contributed by atoms with Crippen LogP contribution < -0.4 is 5.32 Å². The summed E-state index contributed by atoms with van der Waals surface area (Å²) in [5, 5.41) is 3.34. The van der Waals surface area contributed by atoms with Gasteiger partial charge in [0, 0.05) is 26.5 Å². The van der Waals surface area contributed by atoms with Gasteiger partial charge in [-0.1, -0.05) is 6.07 Å². The van der Waals surface area contributed by atoms with E-state index in [2.05, 4.69) is 10.3 Å².